The number of carbonyl (C=O) groups is 1. The van der Waals surface area contributed by atoms with Crippen LogP contribution >= 0.6 is 0 Å². The summed E-state index contributed by atoms with van der Waals surface area (Å²) in [5, 5.41) is 2.89. The summed E-state index contributed by atoms with van der Waals surface area (Å²) in [6, 6.07) is 7.63. The summed E-state index contributed by atoms with van der Waals surface area (Å²) in [6.07, 6.45) is 3.78. The molecule has 0 bridgehead atoms. The number of carbonyl (C=O) groups excluding carboxylic acids is 1. The number of hydrogen-bond donors (Lipinski definition) is 2. The monoisotopic (exact) mass is 248 g/mol. The van der Waals surface area contributed by atoms with E-state index < -0.39 is 0 Å². The molecule has 1 aromatic carbocycles. The first-order valence-electron chi connectivity index (χ1n) is 6.48. The molecule has 0 aliphatic carbocycles. The molecule has 1 fully saturated rings. The first-order valence-corrected chi connectivity index (χ1v) is 6.48. The largest absolute Gasteiger partial charge is 0.378 e. The van der Waals surface area contributed by atoms with E-state index in [1.54, 1.807) is 0 Å². The number of benzene rings is 1. The van der Waals surface area contributed by atoms with Crippen molar-refractivity contribution < 1.29 is 9.53 Å². The number of nitrogens with two attached hydrogens (primary N) is 1. The minimum absolute atomic E-state index is 0.0414. The molecule has 1 amide bonds. The van der Waals surface area contributed by atoms with Crippen LogP contribution in [0.3, 0.4) is 0 Å². The second-order valence-corrected chi connectivity index (χ2v) is 4.63. The fourth-order valence-electron chi connectivity index (χ4n) is 2.16. The fraction of sp³-hybridized carbons (Fsp3) is 0.500. The van der Waals surface area contributed by atoms with Crippen LogP contribution in [0, 0.1) is 0 Å². The predicted octanol–water partition coefficient (Wildman–Crippen LogP) is 2.04. The van der Waals surface area contributed by atoms with E-state index in [2.05, 4.69) is 5.32 Å². The van der Waals surface area contributed by atoms with Crippen LogP contribution in [0.15, 0.2) is 24.3 Å². The van der Waals surface area contributed by atoms with Crippen molar-refractivity contribution >= 4 is 11.6 Å². The number of amides is 1. The molecule has 1 aromatic rings. The number of ether oxygens (including phenoxy) is 1. The maximum absolute atomic E-state index is 11.8. The topological polar surface area (TPSA) is 64.3 Å². The van der Waals surface area contributed by atoms with E-state index in [1.165, 1.54) is 0 Å². The first kappa shape index (κ1) is 13.1. The zero-order valence-corrected chi connectivity index (χ0v) is 10.5. The summed E-state index contributed by atoms with van der Waals surface area (Å²) in [6.45, 7) is 1.32. The van der Waals surface area contributed by atoms with E-state index in [0.29, 0.717) is 13.0 Å². The predicted molar refractivity (Wildman–Crippen MR) is 71.2 cm³/mol. The average molecular weight is 248 g/mol. The number of anilines is 1. The highest BCUT2D eigenvalue weighted by molar-refractivity contribution is 5.90. The van der Waals surface area contributed by atoms with Crippen molar-refractivity contribution in [3.8, 4) is 0 Å². The van der Waals surface area contributed by atoms with Crippen molar-refractivity contribution in [3.05, 3.63) is 29.8 Å². The van der Waals surface area contributed by atoms with Gasteiger partial charge in [-0.15, -0.1) is 0 Å². The Morgan fingerprint density at radius 1 is 1.50 bits per heavy atom. The molecule has 0 saturated carbocycles. The van der Waals surface area contributed by atoms with Crippen LogP contribution in [-0.4, -0.2) is 18.6 Å². The average Bonchev–Trinajstić information content (AvgIpc) is 2.90. The summed E-state index contributed by atoms with van der Waals surface area (Å²) < 4.78 is 5.49. The minimum atomic E-state index is 0.0414. The SMILES string of the molecule is NCc1cccc(NC(=O)CCC2CCCO2)c1. The minimum Gasteiger partial charge on any atom is -0.378 e. The van der Waals surface area contributed by atoms with Crippen LogP contribution in [0.25, 0.3) is 0 Å². The molecular weight excluding hydrogens is 228 g/mol. The summed E-state index contributed by atoms with van der Waals surface area (Å²) >= 11 is 0. The van der Waals surface area contributed by atoms with Gasteiger partial charge in [0, 0.05) is 25.3 Å². The summed E-state index contributed by atoms with van der Waals surface area (Å²) in [5.74, 6) is 0.0414. The van der Waals surface area contributed by atoms with Gasteiger partial charge < -0.3 is 15.8 Å². The highest BCUT2D eigenvalue weighted by Gasteiger charge is 2.16. The van der Waals surface area contributed by atoms with Crippen LogP contribution in [-0.2, 0) is 16.1 Å². The number of nitrogens with one attached hydrogen (secondary N) is 1. The van der Waals surface area contributed by atoms with Crippen LogP contribution < -0.4 is 11.1 Å². The van der Waals surface area contributed by atoms with Crippen LogP contribution in [0.2, 0.25) is 0 Å². The van der Waals surface area contributed by atoms with E-state index >= 15 is 0 Å². The van der Waals surface area contributed by atoms with E-state index in [0.717, 1.165) is 37.1 Å². The highest BCUT2D eigenvalue weighted by Crippen LogP contribution is 2.17. The molecule has 1 heterocycles. The molecule has 1 atom stereocenters. The fourth-order valence-corrected chi connectivity index (χ4v) is 2.16. The Morgan fingerprint density at radius 2 is 2.39 bits per heavy atom. The zero-order chi connectivity index (χ0) is 12.8. The van der Waals surface area contributed by atoms with Gasteiger partial charge in [0.25, 0.3) is 0 Å². The molecule has 1 saturated heterocycles. The maximum atomic E-state index is 11.8. The molecule has 1 aliphatic heterocycles. The smallest absolute Gasteiger partial charge is 0.224 e. The Morgan fingerprint density at radius 3 is 3.11 bits per heavy atom. The van der Waals surface area contributed by atoms with E-state index in [9.17, 15) is 4.79 Å². The third-order valence-electron chi connectivity index (χ3n) is 3.16. The number of rotatable bonds is 5. The summed E-state index contributed by atoms with van der Waals surface area (Å²) in [5.41, 5.74) is 7.40. The van der Waals surface area contributed by atoms with Gasteiger partial charge in [-0.2, -0.15) is 0 Å². The van der Waals surface area contributed by atoms with Crippen LogP contribution in [0.4, 0.5) is 5.69 Å². The van der Waals surface area contributed by atoms with Gasteiger partial charge in [0.2, 0.25) is 5.91 Å². The molecule has 98 valence electrons. The van der Waals surface area contributed by atoms with Gasteiger partial charge in [-0.3, -0.25) is 4.79 Å². The molecule has 0 aromatic heterocycles. The van der Waals surface area contributed by atoms with Gasteiger partial charge in [-0.25, -0.2) is 0 Å². The van der Waals surface area contributed by atoms with Gasteiger partial charge in [0.05, 0.1) is 6.10 Å². The van der Waals surface area contributed by atoms with Crippen molar-refractivity contribution in [2.75, 3.05) is 11.9 Å². The Hall–Kier alpha value is -1.39. The lowest BCUT2D eigenvalue weighted by Crippen LogP contribution is -2.15. The Kier molecular flexibility index (Phi) is 4.73. The molecule has 1 aliphatic rings. The van der Waals surface area contributed by atoms with Crippen molar-refractivity contribution in [3.63, 3.8) is 0 Å². The second kappa shape index (κ2) is 6.52. The molecule has 3 N–H and O–H groups in total. The molecule has 2 rings (SSSR count). The molecule has 4 nitrogen and oxygen atoms in total. The van der Waals surface area contributed by atoms with Crippen molar-refractivity contribution in [1.82, 2.24) is 0 Å². The van der Waals surface area contributed by atoms with E-state index in [1.807, 2.05) is 24.3 Å². The van der Waals surface area contributed by atoms with Crippen molar-refractivity contribution in [2.24, 2.45) is 5.73 Å². The maximum Gasteiger partial charge on any atom is 0.224 e. The normalized spacial score (nSPS) is 18.8. The molecule has 0 spiro atoms. The van der Waals surface area contributed by atoms with Gasteiger partial charge in [0.15, 0.2) is 0 Å². The quantitative estimate of drug-likeness (QED) is 0.838. The van der Waals surface area contributed by atoms with Gasteiger partial charge >= 0.3 is 0 Å². The van der Waals surface area contributed by atoms with Gasteiger partial charge in [-0.05, 0) is 37.0 Å². The van der Waals surface area contributed by atoms with Crippen molar-refractivity contribution in [2.45, 2.75) is 38.3 Å². The standard InChI is InChI=1S/C14H20N2O2/c15-10-11-3-1-4-12(9-11)16-14(17)7-6-13-5-2-8-18-13/h1,3-4,9,13H,2,5-8,10,15H2,(H,16,17). The van der Waals surface area contributed by atoms with Gasteiger partial charge in [0.1, 0.15) is 0 Å². The first-order chi connectivity index (χ1) is 8.78. The third kappa shape index (κ3) is 3.82. The van der Waals surface area contributed by atoms with Crippen molar-refractivity contribution in [1.29, 1.82) is 0 Å². The summed E-state index contributed by atoms with van der Waals surface area (Å²) in [4.78, 5) is 11.8. The molecule has 1 unspecified atom stereocenters. The summed E-state index contributed by atoms with van der Waals surface area (Å²) in [7, 11) is 0. The zero-order valence-electron chi connectivity index (χ0n) is 10.5. The van der Waals surface area contributed by atoms with Gasteiger partial charge in [-0.1, -0.05) is 12.1 Å². The van der Waals surface area contributed by atoms with Crippen LogP contribution in [0.5, 0.6) is 0 Å². The van der Waals surface area contributed by atoms with E-state index in [4.69, 9.17) is 10.5 Å². The highest BCUT2D eigenvalue weighted by atomic mass is 16.5. The molecule has 4 heteroatoms. The molecular formula is C14H20N2O2. The van der Waals surface area contributed by atoms with Crippen LogP contribution in [0.1, 0.15) is 31.2 Å². The Labute approximate surface area is 108 Å². The molecule has 0 radical (unpaired) electrons. The Bertz CT molecular complexity index is 401. The number of hydrogen-bond acceptors (Lipinski definition) is 3. The lowest BCUT2D eigenvalue weighted by Gasteiger charge is -2.10. The Balaban J connectivity index is 1.78. The van der Waals surface area contributed by atoms with E-state index in [-0.39, 0.29) is 12.0 Å². The lowest BCUT2D eigenvalue weighted by molar-refractivity contribution is -0.116. The third-order valence-corrected chi connectivity index (χ3v) is 3.16. The lowest BCUT2D eigenvalue weighted by atomic mass is 10.1. The second-order valence-electron chi connectivity index (χ2n) is 4.63. The molecule has 18 heavy (non-hydrogen) atoms.